The maximum atomic E-state index is 13.9. The lowest BCUT2D eigenvalue weighted by Gasteiger charge is -2.28. The van der Waals surface area contributed by atoms with Crippen LogP contribution in [0.3, 0.4) is 0 Å². The van der Waals surface area contributed by atoms with Crippen LogP contribution < -0.4 is 15.4 Å². The fourth-order valence-corrected chi connectivity index (χ4v) is 4.82. The van der Waals surface area contributed by atoms with Gasteiger partial charge in [-0.25, -0.2) is 0 Å². The average Bonchev–Trinajstić information content (AvgIpc) is 2.92. The van der Waals surface area contributed by atoms with E-state index < -0.39 is 29.9 Å². The Bertz CT molecular complexity index is 1380. The number of aliphatic carboxylic acids is 1. The molecule has 0 aromatic heterocycles. The highest BCUT2D eigenvalue weighted by atomic mass is 19.4. The van der Waals surface area contributed by atoms with E-state index in [0.717, 1.165) is 11.1 Å². The molecule has 0 saturated heterocycles. The van der Waals surface area contributed by atoms with Gasteiger partial charge in [-0.3, -0.25) is 14.4 Å². The van der Waals surface area contributed by atoms with E-state index in [9.17, 15) is 27.6 Å². The SMILES string of the molecule is CCC[C@H](c1ccc(C(=O)NCCC(=O)O)cc1)[C@@H](C(=O)Nc1ccc(C(C)(C)C)cc1)c1ccc(OC(F)(F)F)cc1. The third-order valence-corrected chi connectivity index (χ3v) is 7.00. The van der Waals surface area contributed by atoms with Crippen molar-refractivity contribution in [1.29, 1.82) is 0 Å². The minimum atomic E-state index is -4.84. The van der Waals surface area contributed by atoms with E-state index in [0.29, 0.717) is 29.7 Å². The molecule has 0 radical (unpaired) electrons. The maximum absolute atomic E-state index is 13.9. The second kappa shape index (κ2) is 14.2. The first-order valence-electron chi connectivity index (χ1n) is 14.0. The third-order valence-electron chi connectivity index (χ3n) is 7.00. The van der Waals surface area contributed by atoms with Crippen molar-refractivity contribution in [3.05, 3.63) is 95.1 Å². The van der Waals surface area contributed by atoms with Crippen LogP contribution in [0.15, 0.2) is 72.8 Å². The molecule has 0 unspecified atom stereocenters. The van der Waals surface area contributed by atoms with Crippen molar-refractivity contribution in [3.8, 4) is 5.75 Å². The van der Waals surface area contributed by atoms with Gasteiger partial charge in [-0.2, -0.15) is 0 Å². The number of carbonyl (C=O) groups is 3. The molecule has 0 aliphatic rings. The fraction of sp³-hybridized carbons (Fsp3) is 0.364. The number of hydrogen-bond acceptors (Lipinski definition) is 4. The van der Waals surface area contributed by atoms with Crippen LogP contribution in [0, 0.1) is 0 Å². The van der Waals surface area contributed by atoms with Gasteiger partial charge >= 0.3 is 12.3 Å². The van der Waals surface area contributed by atoms with Gasteiger partial charge in [0.25, 0.3) is 5.91 Å². The number of carbonyl (C=O) groups excluding carboxylic acids is 2. The van der Waals surface area contributed by atoms with Crippen LogP contribution in [-0.2, 0) is 15.0 Å². The largest absolute Gasteiger partial charge is 0.573 e. The van der Waals surface area contributed by atoms with E-state index in [2.05, 4.69) is 36.1 Å². The van der Waals surface area contributed by atoms with E-state index >= 15 is 0 Å². The lowest BCUT2D eigenvalue weighted by atomic mass is 9.78. The van der Waals surface area contributed by atoms with Crippen molar-refractivity contribution >= 4 is 23.5 Å². The predicted octanol–water partition coefficient (Wildman–Crippen LogP) is 7.39. The molecule has 3 N–H and O–H groups in total. The van der Waals surface area contributed by atoms with Crippen molar-refractivity contribution in [3.63, 3.8) is 0 Å². The summed E-state index contributed by atoms with van der Waals surface area (Å²) in [5.41, 5.74) is 3.21. The third kappa shape index (κ3) is 9.87. The van der Waals surface area contributed by atoms with Gasteiger partial charge in [-0.1, -0.05) is 70.5 Å². The number of anilines is 1. The van der Waals surface area contributed by atoms with Crippen LogP contribution in [0.2, 0.25) is 0 Å². The summed E-state index contributed by atoms with van der Waals surface area (Å²) in [7, 11) is 0. The molecule has 10 heteroatoms. The smallest absolute Gasteiger partial charge is 0.481 e. The van der Waals surface area contributed by atoms with E-state index in [4.69, 9.17) is 5.11 Å². The molecule has 0 heterocycles. The normalized spacial score (nSPS) is 13.1. The van der Waals surface area contributed by atoms with E-state index in [1.54, 1.807) is 24.3 Å². The number of ether oxygens (including phenoxy) is 1. The number of halogens is 3. The Morgan fingerprint density at radius 2 is 1.44 bits per heavy atom. The van der Waals surface area contributed by atoms with Crippen LogP contribution in [0.25, 0.3) is 0 Å². The van der Waals surface area contributed by atoms with Gasteiger partial charge in [-0.05, 0) is 70.8 Å². The second-order valence-corrected chi connectivity index (χ2v) is 11.3. The van der Waals surface area contributed by atoms with Gasteiger partial charge in [0.1, 0.15) is 5.75 Å². The van der Waals surface area contributed by atoms with Crippen molar-refractivity contribution in [1.82, 2.24) is 5.32 Å². The number of benzene rings is 3. The Balaban J connectivity index is 1.95. The molecular formula is C33H37F3N2O5. The number of carboxylic acids is 1. The standard InChI is InChI=1S/C33H37F3N2O5/c1-5-6-27(21-7-9-23(10-8-21)30(41)37-20-19-28(39)40)29(22-11-17-26(18-12-22)43-33(34,35)36)31(42)38-25-15-13-24(14-16-25)32(2,3)4/h7-18,27,29H,5-6,19-20H2,1-4H3,(H,37,41)(H,38,42)(H,39,40)/t27-,29+/m1/s1. The average molecular weight is 599 g/mol. The first-order chi connectivity index (χ1) is 20.2. The van der Waals surface area contributed by atoms with E-state index in [-0.39, 0.29) is 30.2 Å². The molecule has 3 rings (SSSR count). The molecule has 43 heavy (non-hydrogen) atoms. The summed E-state index contributed by atoms with van der Waals surface area (Å²) in [6.07, 6.45) is -3.76. The highest BCUT2D eigenvalue weighted by Crippen LogP contribution is 2.39. The molecule has 0 bridgehead atoms. The summed E-state index contributed by atoms with van der Waals surface area (Å²) in [5, 5.41) is 14.3. The number of amides is 2. The van der Waals surface area contributed by atoms with Crippen LogP contribution in [0.5, 0.6) is 5.75 Å². The zero-order valence-electron chi connectivity index (χ0n) is 24.6. The fourth-order valence-electron chi connectivity index (χ4n) is 4.82. The molecule has 2 amide bonds. The first kappa shape index (κ1) is 33.2. The number of carboxylic acid groups (broad SMARTS) is 1. The Morgan fingerprint density at radius 1 is 0.860 bits per heavy atom. The Labute approximate surface area is 249 Å². The minimum Gasteiger partial charge on any atom is -0.481 e. The molecule has 7 nitrogen and oxygen atoms in total. The summed E-state index contributed by atoms with van der Waals surface area (Å²) in [5.74, 6) is -3.33. The van der Waals surface area contributed by atoms with Crippen molar-refractivity contribution in [2.75, 3.05) is 11.9 Å². The highest BCUT2D eigenvalue weighted by molar-refractivity contribution is 5.97. The summed E-state index contributed by atoms with van der Waals surface area (Å²) in [4.78, 5) is 37.1. The zero-order valence-corrected chi connectivity index (χ0v) is 24.6. The monoisotopic (exact) mass is 598 g/mol. The van der Waals surface area contributed by atoms with Crippen LogP contribution in [0.1, 0.15) is 85.8 Å². The number of rotatable bonds is 12. The quantitative estimate of drug-likeness (QED) is 0.202. The molecule has 0 fully saturated rings. The van der Waals surface area contributed by atoms with Crippen LogP contribution >= 0.6 is 0 Å². The Hall–Kier alpha value is -4.34. The van der Waals surface area contributed by atoms with Crippen molar-refractivity contribution in [2.24, 2.45) is 0 Å². The lowest BCUT2D eigenvalue weighted by molar-refractivity contribution is -0.274. The lowest BCUT2D eigenvalue weighted by Crippen LogP contribution is -2.27. The molecule has 3 aromatic carbocycles. The predicted molar refractivity (Wildman–Crippen MR) is 158 cm³/mol. The van der Waals surface area contributed by atoms with Crippen molar-refractivity contribution < 1.29 is 37.4 Å². The second-order valence-electron chi connectivity index (χ2n) is 11.3. The van der Waals surface area contributed by atoms with Crippen molar-refractivity contribution in [2.45, 2.75) is 70.6 Å². The molecular weight excluding hydrogens is 561 g/mol. The van der Waals surface area contributed by atoms with E-state index in [1.165, 1.54) is 24.3 Å². The van der Waals surface area contributed by atoms with Gasteiger partial charge < -0.3 is 20.5 Å². The molecule has 3 aromatic rings. The summed E-state index contributed by atoms with van der Waals surface area (Å²) in [6.45, 7) is 8.22. The topological polar surface area (TPSA) is 105 Å². The molecule has 230 valence electrons. The van der Waals surface area contributed by atoms with Gasteiger partial charge in [0, 0.05) is 17.8 Å². The molecule has 0 spiro atoms. The number of nitrogens with one attached hydrogen (secondary N) is 2. The number of alkyl halides is 3. The van der Waals surface area contributed by atoms with Gasteiger partial charge in [0.05, 0.1) is 12.3 Å². The summed E-state index contributed by atoms with van der Waals surface area (Å²) < 4.78 is 42.4. The molecule has 2 atom stereocenters. The maximum Gasteiger partial charge on any atom is 0.573 e. The first-order valence-corrected chi connectivity index (χ1v) is 14.0. The summed E-state index contributed by atoms with van der Waals surface area (Å²) in [6, 6.07) is 19.5. The van der Waals surface area contributed by atoms with Crippen LogP contribution in [0.4, 0.5) is 18.9 Å². The Kier molecular flexibility index (Phi) is 11.0. The highest BCUT2D eigenvalue weighted by Gasteiger charge is 2.33. The molecule has 0 saturated carbocycles. The minimum absolute atomic E-state index is 0.0125. The van der Waals surface area contributed by atoms with Gasteiger partial charge in [-0.15, -0.1) is 13.2 Å². The zero-order chi connectivity index (χ0) is 31.8. The summed E-state index contributed by atoms with van der Waals surface area (Å²) >= 11 is 0. The van der Waals surface area contributed by atoms with Gasteiger partial charge in [0.2, 0.25) is 5.91 Å². The number of hydrogen-bond donors (Lipinski definition) is 3. The van der Waals surface area contributed by atoms with Gasteiger partial charge in [0.15, 0.2) is 0 Å². The molecule has 0 aliphatic carbocycles. The van der Waals surface area contributed by atoms with Crippen LogP contribution in [-0.4, -0.2) is 35.8 Å². The van der Waals surface area contributed by atoms with E-state index in [1.807, 2.05) is 31.2 Å². The Morgan fingerprint density at radius 3 is 1.95 bits per heavy atom. The molecule has 0 aliphatic heterocycles.